The maximum absolute atomic E-state index is 12.0. The first-order valence-electron chi connectivity index (χ1n) is 12.9. The number of aliphatic hydroxyl groups excluding tert-OH is 3. The maximum atomic E-state index is 12.0. The molecule has 178 valence electrons. The number of aliphatic hydroxyl groups is 3. The van der Waals surface area contributed by atoms with E-state index < -0.39 is 0 Å². The van der Waals surface area contributed by atoms with Crippen molar-refractivity contribution in [2.24, 2.45) is 52.1 Å². The molecular weight excluding hydrogens is 390 g/mol. The number of nitrogens with two attached hydrogens (primary N) is 1. The first kappa shape index (κ1) is 23.7. The van der Waals surface area contributed by atoms with E-state index >= 15 is 0 Å². The Labute approximate surface area is 188 Å². The molecular formula is C26H45NO4. The highest BCUT2D eigenvalue weighted by Gasteiger charge is 2.65. The topological polar surface area (TPSA) is 104 Å². The van der Waals surface area contributed by atoms with Crippen LogP contribution in [0.4, 0.5) is 0 Å². The third-order valence-corrected chi connectivity index (χ3v) is 10.8. The van der Waals surface area contributed by atoms with Gasteiger partial charge in [0.15, 0.2) is 0 Å². The summed E-state index contributed by atoms with van der Waals surface area (Å²) in [6.45, 7) is 7.33. The summed E-state index contributed by atoms with van der Waals surface area (Å²) < 4.78 is 0. The molecule has 0 aromatic heterocycles. The molecule has 10 unspecified atom stereocenters. The van der Waals surface area contributed by atoms with Crippen LogP contribution in [0.1, 0.15) is 85.0 Å². The van der Waals surface area contributed by atoms with Gasteiger partial charge in [0.1, 0.15) is 5.78 Å². The molecule has 4 fully saturated rings. The number of hydrogen-bond donors (Lipinski definition) is 4. The summed E-state index contributed by atoms with van der Waals surface area (Å²) in [7, 11) is 0. The summed E-state index contributed by atoms with van der Waals surface area (Å²) in [6, 6.07) is 0. The van der Waals surface area contributed by atoms with Gasteiger partial charge in [0, 0.05) is 12.8 Å². The van der Waals surface area contributed by atoms with Crippen LogP contribution in [0.2, 0.25) is 0 Å². The van der Waals surface area contributed by atoms with Gasteiger partial charge in [-0.1, -0.05) is 20.8 Å². The molecule has 0 radical (unpaired) electrons. The minimum Gasteiger partial charge on any atom is -0.393 e. The second kappa shape index (κ2) is 8.70. The fourth-order valence-electron chi connectivity index (χ4n) is 9.01. The van der Waals surface area contributed by atoms with Crippen molar-refractivity contribution in [2.45, 2.75) is 103 Å². The first-order valence-corrected chi connectivity index (χ1v) is 12.9. The van der Waals surface area contributed by atoms with E-state index in [-0.39, 0.29) is 40.8 Å². The Morgan fingerprint density at radius 3 is 2.48 bits per heavy atom. The Balaban J connectivity index is 1.54. The normalized spacial score (nSPS) is 50.3. The van der Waals surface area contributed by atoms with Gasteiger partial charge < -0.3 is 21.1 Å². The minimum atomic E-state index is -0.358. The number of carbonyl (C=O) groups is 1. The molecule has 0 amide bonds. The van der Waals surface area contributed by atoms with Gasteiger partial charge in [-0.25, -0.2) is 0 Å². The molecule has 11 atom stereocenters. The minimum absolute atomic E-state index is 0.115. The molecule has 4 aliphatic carbocycles. The first-order chi connectivity index (χ1) is 14.6. The van der Waals surface area contributed by atoms with Gasteiger partial charge in [0.2, 0.25) is 0 Å². The third-order valence-electron chi connectivity index (χ3n) is 10.8. The summed E-state index contributed by atoms with van der Waals surface area (Å²) >= 11 is 0. The predicted octanol–water partition coefficient (Wildman–Crippen LogP) is 3.28. The lowest BCUT2D eigenvalue weighted by molar-refractivity contribution is -0.207. The highest BCUT2D eigenvalue weighted by atomic mass is 16.3. The Kier molecular flexibility index (Phi) is 6.64. The van der Waals surface area contributed by atoms with Crippen LogP contribution in [0.15, 0.2) is 0 Å². The maximum Gasteiger partial charge on any atom is 0.134 e. The van der Waals surface area contributed by atoms with Gasteiger partial charge in [-0.05, 0) is 104 Å². The van der Waals surface area contributed by atoms with E-state index in [2.05, 4.69) is 20.8 Å². The van der Waals surface area contributed by atoms with Gasteiger partial charge in [0.05, 0.1) is 18.3 Å². The van der Waals surface area contributed by atoms with E-state index in [1.54, 1.807) is 0 Å². The summed E-state index contributed by atoms with van der Waals surface area (Å²) in [6.07, 6.45) is 7.36. The van der Waals surface area contributed by atoms with Gasteiger partial charge in [-0.2, -0.15) is 0 Å². The molecule has 4 rings (SSSR count). The lowest BCUT2D eigenvalue weighted by atomic mass is 9.43. The molecule has 4 saturated carbocycles. The molecule has 0 bridgehead atoms. The van der Waals surface area contributed by atoms with Crippen LogP contribution in [0, 0.1) is 46.3 Å². The highest BCUT2D eigenvalue weighted by molar-refractivity contribution is 5.78. The van der Waals surface area contributed by atoms with Gasteiger partial charge in [-0.3, -0.25) is 4.79 Å². The SMILES string of the molecule is C[C@H](CCC(=O)CCN)C1CCC2C3C(O)CC4CC(O)CCC4(C)C3CC(O)C21C. The smallest absolute Gasteiger partial charge is 0.134 e. The molecule has 4 aliphatic rings. The average Bonchev–Trinajstić information content (AvgIpc) is 3.07. The van der Waals surface area contributed by atoms with Crippen LogP contribution < -0.4 is 5.73 Å². The Hall–Kier alpha value is -0.490. The quantitative estimate of drug-likeness (QED) is 0.513. The third kappa shape index (κ3) is 3.82. The number of carbonyl (C=O) groups excluding carboxylic acids is 1. The standard InChI is InChI=1S/C26H45NO4/c1-15(4-5-17(28)9-11-27)19-6-7-20-24-21(14-23(31)26(19,20)3)25(2)10-8-18(29)12-16(25)13-22(24)30/h15-16,18-24,29-31H,4-14,27H2,1-3H3/t15-,16?,18?,19?,20?,21?,22?,23?,24?,25?,26?/m1/s1. The fourth-order valence-corrected chi connectivity index (χ4v) is 9.01. The van der Waals surface area contributed by atoms with Crippen molar-refractivity contribution in [2.75, 3.05) is 6.54 Å². The van der Waals surface area contributed by atoms with Gasteiger partial charge in [0.25, 0.3) is 0 Å². The molecule has 0 aromatic rings. The lowest BCUT2D eigenvalue weighted by Crippen LogP contribution is -2.62. The van der Waals surface area contributed by atoms with Crippen molar-refractivity contribution in [3.63, 3.8) is 0 Å². The molecule has 0 saturated heterocycles. The van der Waals surface area contributed by atoms with Crippen LogP contribution in [-0.2, 0) is 4.79 Å². The number of hydrogen-bond acceptors (Lipinski definition) is 5. The molecule has 0 spiro atoms. The van der Waals surface area contributed by atoms with Gasteiger partial charge in [-0.15, -0.1) is 0 Å². The molecule has 5 heteroatoms. The van der Waals surface area contributed by atoms with Crippen LogP contribution in [0.3, 0.4) is 0 Å². The van der Waals surface area contributed by atoms with Gasteiger partial charge >= 0.3 is 0 Å². The summed E-state index contributed by atoms with van der Waals surface area (Å²) in [5.41, 5.74) is 5.46. The van der Waals surface area contributed by atoms with Crippen molar-refractivity contribution < 1.29 is 20.1 Å². The summed E-state index contributed by atoms with van der Waals surface area (Å²) in [4.78, 5) is 12.0. The highest BCUT2D eigenvalue weighted by Crippen LogP contribution is 2.68. The zero-order chi connectivity index (χ0) is 22.6. The van der Waals surface area contributed by atoms with E-state index in [9.17, 15) is 20.1 Å². The van der Waals surface area contributed by atoms with Crippen molar-refractivity contribution in [3.05, 3.63) is 0 Å². The van der Waals surface area contributed by atoms with Crippen LogP contribution in [0.5, 0.6) is 0 Å². The number of rotatable bonds is 6. The Morgan fingerprint density at radius 1 is 1.03 bits per heavy atom. The molecule has 5 N–H and O–H groups in total. The van der Waals surface area contributed by atoms with Crippen LogP contribution >= 0.6 is 0 Å². The monoisotopic (exact) mass is 435 g/mol. The molecule has 5 nitrogen and oxygen atoms in total. The zero-order valence-electron chi connectivity index (χ0n) is 19.8. The van der Waals surface area contributed by atoms with Crippen molar-refractivity contribution in [1.82, 2.24) is 0 Å². The number of ketones is 1. The Morgan fingerprint density at radius 2 is 1.77 bits per heavy atom. The van der Waals surface area contributed by atoms with Crippen molar-refractivity contribution in [1.29, 1.82) is 0 Å². The fraction of sp³-hybridized carbons (Fsp3) is 0.962. The number of Topliss-reactive ketones (excluding diaryl/α,β-unsaturated/α-hetero) is 1. The largest absolute Gasteiger partial charge is 0.393 e. The molecule has 31 heavy (non-hydrogen) atoms. The average molecular weight is 436 g/mol. The summed E-state index contributed by atoms with van der Waals surface area (Å²) in [5, 5.41) is 33.2. The summed E-state index contributed by atoms with van der Waals surface area (Å²) in [5.74, 6) is 2.31. The van der Waals surface area contributed by atoms with Crippen molar-refractivity contribution in [3.8, 4) is 0 Å². The second-order valence-electron chi connectivity index (χ2n) is 12.1. The van der Waals surface area contributed by atoms with Crippen LogP contribution in [0.25, 0.3) is 0 Å². The molecule has 0 aliphatic heterocycles. The van der Waals surface area contributed by atoms with E-state index in [1.807, 2.05) is 0 Å². The second-order valence-corrected chi connectivity index (χ2v) is 12.1. The van der Waals surface area contributed by atoms with E-state index in [1.165, 1.54) is 0 Å². The van der Waals surface area contributed by atoms with E-state index in [4.69, 9.17) is 5.73 Å². The zero-order valence-corrected chi connectivity index (χ0v) is 19.8. The lowest BCUT2D eigenvalue weighted by Gasteiger charge is -2.63. The molecule has 0 heterocycles. The number of fused-ring (bicyclic) bond motifs is 5. The molecule has 0 aromatic carbocycles. The predicted molar refractivity (Wildman–Crippen MR) is 121 cm³/mol. The van der Waals surface area contributed by atoms with E-state index in [0.29, 0.717) is 49.0 Å². The van der Waals surface area contributed by atoms with Crippen LogP contribution in [-0.4, -0.2) is 46.0 Å². The van der Waals surface area contributed by atoms with Crippen molar-refractivity contribution >= 4 is 5.78 Å². The Bertz CT molecular complexity index is 670. The van der Waals surface area contributed by atoms with E-state index in [0.717, 1.165) is 51.4 Å².